The SMILES string of the molecule is Cc1cc(C)c2[nH]cc(C(C)C(C)C)c2c1. The maximum atomic E-state index is 3.42. The Morgan fingerprint density at radius 1 is 1.06 bits per heavy atom. The van der Waals surface area contributed by atoms with Crippen LogP contribution in [0.3, 0.4) is 0 Å². The second kappa shape index (κ2) is 3.97. The predicted octanol–water partition coefficient (Wildman–Crippen LogP) is 4.54. The van der Waals surface area contributed by atoms with Crippen molar-refractivity contribution in [3.05, 3.63) is 35.0 Å². The van der Waals surface area contributed by atoms with E-state index in [2.05, 4.69) is 57.9 Å². The molecule has 1 heterocycles. The molecule has 0 fully saturated rings. The second-order valence-corrected chi connectivity index (χ2v) is 5.28. The normalized spacial score (nSPS) is 13.6. The van der Waals surface area contributed by atoms with E-state index in [4.69, 9.17) is 0 Å². The summed E-state index contributed by atoms with van der Waals surface area (Å²) in [5.74, 6) is 1.29. The van der Waals surface area contributed by atoms with E-state index in [0.717, 1.165) is 0 Å². The number of aromatic nitrogens is 1. The van der Waals surface area contributed by atoms with Crippen LogP contribution in [0.15, 0.2) is 18.3 Å². The third-order valence-corrected chi connectivity index (χ3v) is 3.65. The Balaban J connectivity index is 2.64. The van der Waals surface area contributed by atoms with Crippen LogP contribution in [0.25, 0.3) is 10.9 Å². The minimum atomic E-state index is 0.606. The molecule has 0 aliphatic heterocycles. The van der Waals surface area contributed by atoms with Crippen LogP contribution in [0.1, 0.15) is 43.4 Å². The zero-order valence-electron chi connectivity index (χ0n) is 10.9. The van der Waals surface area contributed by atoms with Crippen molar-refractivity contribution in [2.75, 3.05) is 0 Å². The molecule has 0 saturated heterocycles. The highest BCUT2D eigenvalue weighted by atomic mass is 14.7. The minimum absolute atomic E-state index is 0.606. The highest BCUT2D eigenvalue weighted by molar-refractivity contribution is 5.87. The van der Waals surface area contributed by atoms with Gasteiger partial charge in [-0.3, -0.25) is 0 Å². The smallest absolute Gasteiger partial charge is 0.0486 e. The summed E-state index contributed by atoms with van der Waals surface area (Å²) < 4.78 is 0. The van der Waals surface area contributed by atoms with Gasteiger partial charge in [0.05, 0.1) is 0 Å². The fraction of sp³-hybridized carbons (Fsp3) is 0.467. The Morgan fingerprint density at radius 2 is 1.75 bits per heavy atom. The van der Waals surface area contributed by atoms with Crippen LogP contribution in [-0.2, 0) is 0 Å². The molecule has 1 atom stereocenters. The fourth-order valence-electron chi connectivity index (χ4n) is 2.35. The third kappa shape index (κ3) is 1.75. The van der Waals surface area contributed by atoms with Crippen LogP contribution in [0, 0.1) is 19.8 Å². The van der Waals surface area contributed by atoms with E-state index < -0.39 is 0 Å². The maximum Gasteiger partial charge on any atom is 0.0486 e. The summed E-state index contributed by atoms with van der Waals surface area (Å²) in [7, 11) is 0. The van der Waals surface area contributed by atoms with Gasteiger partial charge in [-0.15, -0.1) is 0 Å². The number of nitrogens with one attached hydrogen (secondary N) is 1. The summed E-state index contributed by atoms with van der Waals surface area (Å²) in [6.45, 7) is 11.2. The number of aryl methyl sites for hydroxylation is 2. The van der Waals surface area contributed by atoms with Crippen molar-refractivity contribution in [1.82, 2.24) is 4.98 Å². The molecule has 1 unspecified atom stereocenters. The molecule has 0 amide bonds. The van der Waals surface area contributed by atoms with Gasteiger partial charge in [0.15, 0.2) is 0 Å². The van der Waals surface area contributed by atoms with Crippen molar-refractivity contribution < 1.29 is 0 Å². The average molecular weight is 215 g/mol. The molecular weight excluding hydrogens is 194 g/mol. The Labute approximate surface area is 97.9 Å². The summed E-state index contributed by atoms with van der Waals surface area (Å²) in [6, 6.07) is 4.54. The van der Waals surface area contributed by atoms with Crippen molar-refractivity contribution in [1.29, 1.82) is 0 Å². The standard InChI is InChI=1S/C15H21N/c1-9(2)12(5)14-8-16-15-11(4)6-10(3)7-13(14)15/h6-9,12,16H,1-5H3. The maximum absolute atomic E-state index is 3.42. The van der Waals surface area contributed by atoms with E-state index in [9.17, 15) is 0 Å². The molecule has 0 spiro atoms. The van der Waals surface area contributed by atoms with Gasteiger partial charge in [0.2, 0.25) is 0 Å². The van der Waals surface area contributed by atoms with Crippen LogP contribution in [0.5, 0.6) is 0 Å². The summed E-state index contributed by atoms with van der Waals surface area (Å²) in [5, 5.41) is 1.40. The molecule has 0 saturated carbocycles. The number of H-pyrrole nitrogens is 1. The Hall–Kier alpha value is -1.24. The number of benzene rings is 1. The van der Waals surface area contributed by atoms with E-state index in [1.165, 1.54) is 27.6 Å². The average Bonchev–Trinajstić information content (AvgIpc) is 2.60. The summed E-state index contributed by atoms with van der Waals surface area (Å²) in [5.41, 5.74) is 5.45. The van der Waals surface area contributed by atoms with Gasteiger partial charge in [-0.25, -0.2) is 0 Å². The van der Waals surface area contributed by atoms with E-state index >= 15 is 0 Å². The lowest BCUT2D eigenvalue weighted by Gasteiger charge is -2.15. The van der Waals surface area contributed by atoms with E-state index in [0.29, 0.717) is 11.8 Å². The van der Waals surface area contributed by atoms with E-state index in [1.807, 2.05) is 0 Å². The largest absolute Gasteiger partial charge is 0.361 e. The fourth-order valence-corrected chi connectivity index (χ4v) is 2.35. The Bertz CT molecular complexity index is 505. The molecule has 1 N–H and O–H groups in total. The van der Waals surface area contributed by atoms with Gasteiger partial charge in [-0.05, 0) is 42.9 Å². The second-order valence-electron chi connectivity index (χ2n) is 5.28. The van der Waals surface area contributed by atoms with Crippen LogP contribution in [-0.4, -0.2) is 4.98 Å². The number of aromatic amines is 1. The van der Waals surface area contributed by atoms with E-state index in [-0.39, 0.29) is 0 Å². The molecule has 16 heavy (non-hydrogen) atoms. The van der Waals surface area contributed by atoms with Crippen LogP contribution in [0.4, 0.5) is 0 Å². The number of hydrogen-bond donors (Lipinski definition) is 1. The van der Waals surface area contributed by atoms with Gasteiger partial charge >= 0.3 is 0 Å². The molecule has 2 aromatic rings. The first-order chi connectivity index (χ1) is 7.50. The molecule has 86 valence electrons. The number of fused-ring (bicyclic) bond motifs is 1. The number of hydrogen-bond acceptors (Lipinski definition) is 0. The highest BCUT2D eigenvalue weighted by Gasteiger charge is 2.15. The molecule has 1 nitrogen and oxygen atoms in total. The van der Waals surface area contributed by atoms with Crippen molar-refractivity contribution in [3.63, 3.8) is 0 Å². The quantitative estimate of drug-likeness (QED) is 0.756. The van der Waals surface area contributed by atoms with Crippen molar-refractivity contribution in [2.45, 2.75) is 40.5 Å². The molecule has 0 aliphatic rings. The van der Waals surface area contributed by atoms with Crippen LogP contribution < -0.4 is 0 Å². The van der Waals surface area contributed by atoms with Gasteiger partial charge in [0.25, 0.3) is 0 Å². The van der Waals surface area contributed by atoms with Crippen molar-refractivity contribution in [2.24, 2.45) is 5.92 Å². The van der Waals surface area contributed by atoms with Gasteiger partial charge < -0.3 is 4.98 Å². The van der Waals surface area contributed by atoms with Crippen molar-refractivity contribution >= 4 is 10.9 Å². The summed E-state index contributed by atoms with van der Waals surface area (Å²) in [4.78, 5) is 3.42. The van der Waals surface area contributed by atoms with Gasteiger partial charge in [0, 0.05) is 17.1 Å². The predicted molar refractivity (Wildman–Crippen MR) is 71.0 cm³/mol. The number of rotatable bonds is 2. The Kier molecular flexibility index (Phi) is 2.79. The molecule has 1 heteroatoms. The summed E-state index contributed by atoms with van der Waals surface area (Å²) >= 11 is 0. The molecule has 1 aromatic heterocycles. The zero-order valence-corrected chi connectivity index (χ0v) is 10.9. The lowest BCUT2D eigenvalue weighted by Crippen LogP contribution is -2.00. The summed E-state index contributed by atoms with van der Waals surface area (Å²) in [6.07, 6.45) is 2.18. The molecule has 1 aromatic carbocycles. The van der Waals surface area contributed by atoms with Crippen molar-refractivity contribution in [3.8, 4) is 0 Å². The van der Waals surface area contributed by atoms with Gasteiger partial charge in [-0.1, -0.05) is 32.4 Å². The molecule has 0 aliphatic carbocycles. The third-order valence-electron chi connectivity index (χ3n) is 3.65. The first kappa shape index (κ1) is 11.3. The topological polar surface area (TPSA) is 15.8 Å². The lowest BCUT2D eigenvalue weighted by molar-refractivity contribution is 0.538. The first-order valence-corrected chi connectivity index (χ1v) is 6.09. The monoisotopic (exact) mass is 215 g/mol. The Morgan fingerprint density at radius 3 is 2.38 bits per heavy atom. The van der Waals surface area contributed by atoms with Crippen LogP contribution in [0.2, 0.25) is 0 Å². The minimum Gasteiger partial charge on any atom is -0.361 e. The first-order valence-electron chi connectivity index (χ1n) is 6.09. The van der Waals surface area contributed by atoms with E-state index in [1.54, 1.807) is 0 Å². The van der Waals surface area contributed by atoms with Gasteiger partial charge in [-0.2, -0.15) is 0 Å². The lowest BCUT2D eigenvalue weighted by atomic mass is 9.89. The van der Waals surface area contributed by atoms with Crippen LogP contribution >= 0.6 is 0 Å². The molecule has 0 bridgehead atoms. The van der Waals surface area contributed by atoms with Gasteiger partial charge in [0.1, 0.15) is 0 Å². The zero-order chi connectivity index (χ0) is 11.9. The molecular formula is C15H21N. The molecule has 2 rings (SSSR count). The highest BCUT2D eigenvalue weighted by Crippen LogP contribution is 2.32. The molecule has 0 radical (unpaired) electrons.